The largest absolute Gasteiger partial charge is 0.481 e. The Labute approximate surface area is 236 Å². The lowest BCUT2D eigenvalue weighted by Crippen LogP contribution is -2.14. The summed E-state index contributed by atoms with van der Waals surface area (Å²) in [6, 6.07) is 0. The van der Waals surface area contributed by atoms with Gasteiger partial charge in [0.05, 0.1) is 6.10 Å². The summed E-state index contributed by atoms with van der Waals surface area (Å²) in [6.45, 7) is 4.31. The molecule has 1 unspecified atom stereocenters. The van der Waals surface area contributed by atoms with Gasteiger partial charge in [-0.05, 0) is 58.3 Å². The molecular formula is C34H64O4. The van der Waals surface area contributed by atoms with Crippen LogP contribution in [0.2, 0.25) is 0 Å². The number of carbonyl (C=O) groups is 2. The molecule has 0 spiro atoms. The molecule has 1 N–H and O–H groups in total. The Morgan fingerprint density at radius 2 is 0.974 bits per heavy atom. The van der Waals surface area contributed by atoms with Crippen molar-refractivity contribution in [1.82, 2.24) is 0 Å². The molecule has 0 saturated heterocycles. The molecule has 38 heavy (non-hydrogen) atoms. The molecule has 0 aliphatic carbocycles. The van der Waals surface area contributed by atoms with E-state index >= 15 is 0 Å². The van der Waals surface area contributed by atoms with Gasteiger partial charge in [0, 0.05) is 12.8 Å². The second-order valence-electron chi connectivity index (χ2n) is 11.5. The molecule has 0 amide bonds. The third kappa shape index (κ3) is 30.9. The zero-order valence-corrected chi connectivity index (χ0v) is 25.5. The van der Waals surface area contributed by atoms with Crippen LogP contribution in [0.4, 0.5) is 0 Å². The van der Waals surface area contributed by atoms with Gasteiger partial charge in [-0.15, -0.1) is 0 Å². The molecule has 1 atom stereocenters. The van der Waals surface area contributed by atoms with Crippen molar-refractivity contribution in [3.8, 4) is 0 Å². The van der Waals surface area contributed by atoms with Gasteiger partial charge in [-0.2, -0.15) is 0 Å². The van der Waals surface area contributed by atoms with Crippen LogP contribution in [0.15, 0.2) is 12.2 Å². The third-order valence-electron chi connectivity index (χ3n) is 7.48. The molecule has 0 aromatic heterocycles. The first kappa shape index (κ1) is 36.7. The summed E-state index contributed by atoms with van der Waals surface area (Å²) in [5.74, 6) is -0.690. The first-order valence-corrected chi connectivity index (χ1v) is 16.6. The number of hydrogen-bond acceptors (Lipinski definition) is 3. The lowest BCUT2D eigenvalue weighted by atomic mass is 10.0. The molecular weight excluding hydrogens is 472 g/mol. The van der Waals surface area contributed by atoms with Crippen molar-refractivity contribution in [3.63, 3.8) is 0 Å². The molecule has 0 aliphatic rings. The van der Waals surface area contributed by atoms with Gasteiger partial charge >= 0.3 is 11.9 Å². The molecule has 0 bridgehead atoms. The maximum atomic E-state index is 12.1. The number of allylic oxidation sites excluding steroid dienone is 2. The first-order chi connectivity index (χ1) is 18.6. The quantitative estimate of drug-likeness (QED) is 0.0563. The van der Waals surface area contributed by atoms with Crippen LogP contribution in [0.3, 0.4) is 0 Å². The second kappa shape index (κ2) is 30.2. The van der Waals surface area contributed by atoms with E-state index in [1.165, 1.54) is 122 Å². The van der Waals surface area contributed by atoms with Crippen molar-refractivity contribution in [3.05, 3.63) is 12.2 Å². The maximum absolute atomic E-state index is 12.1. The van der Waals surface area contributed by atoms with Crippen LogP contribution in [0.25, 0.3) is 0 Å². The summed E-state index contributed by atoms with van der Waals surface area (Å²) in [5.41, 5.74) is 0. The molecule has 0 aliphatic heterocycles. The fourth-order valence-corrected chi connectivity index (χ4v) is 4.98. The minimum Gasteiger partial charge on any atom is -0.481 e. The molecule has 0 radical (unpaired) electrons. The highest BCUT2D eigenvalue weighted by Gasteiger charge is 2.09. The average Bonchev–Trinajstić information content (AvgIpc) is 2.88. The minimum atomic E-state index is -0.675. The zero-order chi connectivity index (χ0) is 27.9. The van der Waals surface area contributed by atoms with E-state index in [-0.39, 0.29) is 12.1 Å². The number of unbranched alkanes of at least 4 members (excludes halogenated alkanes) is 21. The van der Waals surface area contributed by atoms with Gasteiger partial charge in [0.15, 0.2) is 0 Å². The smallest absolute Gasteiger partial charge is 0.306 e. The Morgan fingerprint density at radius 1 is 0.579 bits per heavy atom. The van der Waals surface area contributed by atoms with Gasteiger partial charge < -0.3 is 9.84 Å². The standard InChI is InChI=1S/C34H64O4/c1-3-4-5-6-7-8-9-10-11-12-16-19-22-25-28-31-34(37)38-32(2)29-26-23-20-17-14-13-15-18-21-24-27-30-33(35)36/h10-11,32H,3-9,12-31H2,1-2H3,(H,35,36)/b11-10-. The first-order valence-electron chi connectivity index (χ1n) is 16.6. The molecule has 0 saturated carbocycles. The molecule has 4 nitrogen and oxygen atoms in total. The van der Waals surface area contributed by atoms with E-state index in [1.807, 2.05) is 6.92 Å². The van der Waals surface area contributed by atoms with Gasteiger partial charge in [0.2, 0.25) is 0 Å². The summed E-state index contributed by atoms with van der Waals surface area (Å²) in [6.07, 6.45) is 36.3. The van der Waals surface area contributed by atoms with Crippen molar-refractivity contribution < 1.29 is 19.4 Å². The number of esters is 1. The van der Waals surface area contributed by atoms with Crippen LogP contribution in [0, 0.1) is 0 Å². The minimum absolute atomic E-state index is 0.0157. The number of ether oxygens (including phenoxy) is 1. The predicted molar refractivity (Wildman–Crippen MR) is 163 cm³/mol. The molecule has 0 aromatic carbocycles. The van der Waals surface area contributed by atoms with E-state index in [2.05, 4.69) is 19.1 Å². The lowest BCUT2D eigenvalue weighted by Gasteiger charge is -2.13. The van der Waals surface area contributed by atoms with E-state index in [0.717, 1.165) is 38.5 Å². The number of carbonyl (C=O) groups excluding carboxylic acids is 1. The third-order valence-corrected chi connectivity index (χ3v) is 7.48. The molecule has 0 aromatic rings. The Bertz CT molecular complexity index is 543. The van der Waals surface area contributed by atoms with Crippen LogP contribution in [-0.4, -0.2) is 23.1 Å². The van der Waals surface area contributed by atoms with Crippen molar-refractivity contribution in [1.29, 1.82) is 0 Å². The highest BCUT2D eigenvalue weighted by molar-refractivity contribution is 5.69. The van der Waals surface area contributed by atoms with Crippen LogP contribution < -0.4 is 0 Å². The molecule has 224 valence electrons. The fraction of sp³-hybridized carbons (Fsp3) is 0.882. The van der Waals surface area contributed by atoms with Crippen molar-refractivity contribution >= 4 is 11.9 Å². The van der Waals surface area contributed by atoms with E-state index < -0.39 is 5.97 Å². The maximum Gasteiger partial charge on any atom is 0.306 e. The zero-order valence-electron chi connectivity index (χ0n) is 25.5. The van der Waals surface area contributed by atoms with Crippen LogP contribution >= 0.6 is 0 Å². The number of carboxylic acids is 1. The van der Waals surface area contributed by atoms with Gasteiger partial charge in [-0.25, -0.2) is 0 Å². The van der Waals surface area contributed by atoms with Gasteiger partial charge in [0.25, 0.3) is 0 Å². The lowest BCUT2D eigenvalue weighted by molar-refractivity contribution is -0.148. The van der Waals surface area contributed by atoms with Crippen LogP contribution in [-0.2, 0) is 14.3 Å². The highest BCUT2D eigenvalue weighted by Crippen LogP contribution is 2.15. The summed E-state index contributed by atoms with van der Waals surface area (Å²) in [7, 11) is 0. The van der Waals surface area contributed by atoms with Gasteiger partial charge in [-0.3, -0.25) is 9.59 Å². The van der Waals surface area contributed by atoms with E-state index in [0.29, 0.717) is 12.8 Å². The normalized spacial score (nSPS) is 12.3. The topological polar surface area (TPSA) is 63.6 Å². The number of carboxylic acid groups (broad SMARTS) is 1. The van der Waals surface area contributed by atoms with E-state index in [4.69, 9.17) is 9.84 Å². The van der Waals surface area contributed by atoms with E-state index in [1.54, 1.807) is 0 Å². The predicted octanol–water partition coefficient (Wildman–Crippen LogP) is 11.1. The monoisotopic (exact) mass is 536 g/mol. The second-order valence-corrected chi connectivity index (χ2v) is 11.5. The Balaban J connectivity index is 3.34. The summed E-state index contributed by atoms with van der Waals surface area (Å²) in [4.78, 5) is 22.5. The van der Waals surface area contributed by atoms with Crippen molar-refractivity contribution in [2.75, 3.05) is 0 Å². The number of aliphatic carboxylic acids is 1. The Hall–Kier alpha value is -1.32. The summed E-state index contributed by atoms with van der Waals surface area (Å²) < 4.78 is 5.60. The van der Waals surface area contributed by atoms with Crippen LogP contribution in [0.5, 0.6) is 0 Å². The Morgan fingerprint density at radius 3 is 1.45 bits per heavy atom. The molecule has 0 heterocycles. The number of rotatable bonds is 30. The molecule has 4 heteroatoms. The van der Waals surface area contributed by atoms with Gasteiger partial charge in [0.1, 0.15) is 0 Å². The highest BCUT2D eigenvalue weighted by atomic mass is 16.5. The number of hydrogen-bond donors (Lipinski definition) is 1. The SMILES string of the molecule is CCCCCCCC/C=C\CCCCCCCC(=O)OC(C)CCCCCCCCCCCCCC(=O)O. The average molecular weight is 537 g/mol. The van der Waals surface area contributed by atoms with Crippen molar-refractivity contribution in [2.45, 2.75) is 193 Å². The summed E-state index contributed by atoms with van der Waals surface area (Å²) >= 11 is 0. The molecule has 0 rings (SSSR count). The van der Waals surface area contributed by atoms with E-state index in [9.17, 15) is 9.59 Å². The summed E-state index contributed by atoms with van der Waals surface area (Å²) in [5, 5.41) is 8.63. The fourth-order valence-electron chi connectivity index (χ4n) is 4.98. The van der Waals surface area contributed by atoms with Crippen LogP contribution in [0.1, 0.15) is 187 Å². The van der Waals surface area contributed by atoms with Crippen molar-refractivity contribution in [2.24, 2.45) is 0 Å². The molecule has 0 fully saturated rings. The van der Waals surface area contributed by atoms with Gasteiger partial charge in [-0.1, -0.05) is 128 Å². The Kier molecular flexibility index (Phi) is 29.2.